The highest BCUT2D eigenvalue weighted by Crippen LogP contribution is 2.28. The molecule has 21 heavy (non-hydrogen) atoms. The molecule has 0 spiro atoms. The van der Waals surface area contributed by atoms with Gasteiger partial charge in [-0.3, -0.25) is 4.79 Å². The standard InChI is InChI=1S/C15H24N4O2/c1-9-6-10(2)8-11(7-9)17-14(20)13-18-15(21-19-13)12-4-3-5-16-12/h9-12,16H,3-8H2,1-2H3,(H,17,20). The molecule has 6 nitrogen and oxygen atoms in total. The Labute approximate surface area is 125 Å². The number of nitrogens with one attached hydrogen (secondary N) is 2. The molecule has 1 aliphatic heterocycles. The van der Waals surface area contributed by atoms with Crippen LogP contribution < -0.4 is 10.6 Å². The molecule has 1 amide bonds. The Morgan fingerprint density at radius 2 is 2.05 bits per heavy atom. The van der Waals surface area contributed by atoms with Gasteiger partial charge in [0.25, 0.3) is 11.7 Å². The quantitative estimate of drug-likeness (QED) is 0.891. The second-order valence-electron chi connectivity index (χ2n) is 6.69. The third kappa shape index (κ3) is 3.43. The number of carbonyl (C=O) groups is 1. The molecule has 1 aromatic rings. The average Bonchev–Trinajstić information content (AvgIpc) is 3.09. The monoisotopic (exact) mass is 292 g/mol. The van der Waals surface area contributed by atoms with Crippen molar-refractivity contribution in [3.05, 3.63) is 11.7 Å². The van der Waals surface area contributed by atoms with Gasteiger partial charge in [-0.15, -0.1) is 0 Å². The van der Waals surface area contributed by atoms with Crippen molar-refractivity contribution in [3.63, 3.8) is 0 Å². The van der Waals surface area contributed by atoms with Crippen LogP contribution in [0.4, 0.5) is 0 Å². The number of hydrogen-bond acceptors (Lipinski definition) is 5. The predicted octanol–water partition coefficient (Wildman–Crippen LogP) is 2.05. The fourth-order valence-electron chi connectivity index (χ4n) is 3.68. The second-order valence-corrected chi connectivity index (χ2v) is 6.69. The van der Waals surface area contributed by atoms with E-state index in [1.54, 1.807) is 0 Å². The van der Waals surface area contributed by atoms with Gasteiger partial charge in [-0.25, -0.2) is 0 Å². The molecule has 1 saturated heterocycles. The molecule has 2 heterocycles. The lowest BCUT2D eigenvalue weighted by Crippen LogP contribution is -2.40. The predicted molar refractivity (Wildman–Crippen MR) is 77.7 cm³/mol. The van der Waals surface area contributed by atoms with Crippen molar-refractivity contribution in [3.8, 4) is 0 Å². The van der Waals surface area contributed by atoms with Crippen molar-refractivity contribution in [2.24, 2.45) is 11.8 Å². The lowest BCUT2D eigenvalue weighted by Gasteiger charge is -2.31. The minimum absolute atomic E-state index is 0.105. The van der Waals surface area contributed by atoms with Crippen LogP contribution in [0.5, 0.6) is 0 Å². The lowest BCUT2D eigenvalue weighted by atomic mass is 9.80. The van der Waals surface area contributed by atoms with Crippen molar-refractivity contribution in [1.82, 2.24) is 20.8 Å². The maximum atomic E-state index is 12.2. The van der Waals surface area contributed by atoms with E-state index in [0.29, 0.717) is 17.7 Å². The number of aromatic nitrogens is 2. The summed E-state index contributed by atoms with van der Waals surface area (Å²) in [5.41, 5.74) is 0. The Morgan fingerprint density at radius 1 is 1.29 bits per heavy atom. The molecule has 3 rings (SSSR count). The third-order valence-corrected chi connectivity index (χ3v) is 4.52. The van der Waals surface area contributed by atoms with Crippen molar-refractivity contribution in [2.75, 3.05) is 6.54 Å². The molecule has 116 valence electrons. The highest BCUT2D eigenvalue weighted by molar-refractivity contribution is 5.90. The summed E-state index contributed by atoms with van der Waals surface area (Å²) in [6, 6.07) is 0.330. The first-order valence-corrected chi connectivity index (χ1v) is 7.99. The molecular formula is C15H24N4O2. The van der Waals surface area contributed by atoms with Gasteiger partial charge in [-0.05, 0) is 50.5 Å². The normalized spacial score (nSPS) is 33.0. The van der Waals surface area contributed by atoms with Crippen molar-refractivity contribution in [1.29, 1.82) is 0 Å². The molecule has 3 unspecified atom stereocenters. The van der Waals surface area contributed by atoms with Crippen LogP contribution in [0.1, 0.15) is 68.5 Å². The molecule has 1 aliphatic carbocycles. The third-order valence-electron chi connectivity index (χ3n) is 4.52. The van der Waals surface area contributed by atoms with Crippen LogP contribution in [0.25, 0.3) is 0 Å². The Morgan fingerprint density at radius 3 is 2.71 bits per heavy atom. The van der Waals surface area contributed by atoms with E-state index in [1.165, 1.54) is 6.42 Å². The first-order chi connectivity index (χ1) is 10.1. The minimum atomic E-state index is -0.214. The smallest absolute Gasteiger partial charge is 0.292 e. The summed E-state index contributed by atoms with van der Waals surface area (Å²) in [6.07, 6.45) is 5.40. The zero-order valence-corrected chi connectivity index (χ0v) is 12.8. The van der Waals surface area contributed by atoms with E-state index in [-0.39, 0.29) is 23.8 Å². The fourth-order valence-corrected chi connectivity index (χ4v) is 3.68. The highest BCUT2D eigenvalue weighted by Gasteiger charge is 2.28. The Kier molecular flexibility index (Phi) is 4.24. The van der Waals surface area contributed by atoms with Gasteiger partial charge in [0.15, 0.2) is 0 Å². The number of nitrogens with zero attached hydrogens (tertiary/aromatic N) is 2. The van der Waals surface area contributed by atoms with Gasteiger partial charge in [0.05, 0.1) is 6.04 Å². The largest absolute Gasteiger partial charge is 0.346 e. The molecule has 2 aliphatic rings. The number of rotatable bonds is 3. The molecule has 0 radical (unpaired) electrons. The Bertz CT molecular complexity index is 486. The lowest BCUT2D eigenvalue weighted by molar-refractivity contribution is 0.0897. The van der Waals surface area contributed by atoms with Crippen LogP contribution in [0, 0.1) is 11.8 Å². The average molecular weight is 292 g/mol. The first-order valence-electron chi connectivity index (χ1n) is 7.99. The highest BCUT2D eigenvalue weighted by atomic mass is 16.5. The summed E-state index contributed by atoms with van der Waals surface area (Å²) in [5, 5.41) is 10.2. The van der Waals surface area contributed by atoms with E-state index < -0.39 is 0 Å². The molecule has 0 aromatic carbocycles. The molecule has 3 atom stereocenters. The minimum Gasteiger partial charge on any atom is -0.346 e. The van der Waals surface area contributed by atoms with Gasteiger partial charge in [0.2, 0.25) is 5.89 Å². The van der Waals surface area contributed by atoms with Gasteiger partial charge in [-0.2, -0.15) is 4.98 Å². The number of carbonyl (C=O) groups excluding carboxylic acids is 1. The van der Waals surface area contributed by atoms with Crippen molar-refractivity contribution < 1.29 is 9.32 Å². The SMILES string of the molecule is CC1CC(C)CC(NC(=O)c2noc(C3CCCN3)n2)C1. The topological polar surface area (TPSA) is 80.0 Å². The molecule has 0 bridgehead atoms. The summed E-state index contributed by atoms with van der Waals surface area (Å²) in [6.45, 7) is 5.45. The first kappa shape index (κ1) is 14.5. The molecule has 2 N–H and O–H groups in total. The molecule has 1 aromatic heterocycles. The van der Waals surface area contributed by atoms with Gasteiger partial charge >= 0.3 is 0 Å². The van der Waals surface area contributed by atoms with Crippen LogP contribution in [-0.2, 0) is 0 Å². The molecule has 1 saturated carbocycles. The Hall–Kier alpha value is -1.43. The van der Waals surface area contributed by atoms with E-state index in [1.807, 2.05) is 0 Å². The maximum Gasteiger partial charge on any atom is 0.292 e. The maximum absolute atomic E-state index is 12.2. The number of amides is 1. The van der Waals surface area contributed by atoms with Crippen LogP contribution in [0.15, 0.2) is 4.52 Å². The Balaban J connectivity index is 1.60. The van der Waals surface area contributed by atoms with Crippen LogP contribution in [0.3, 0.4) is 0 Å². The van der Waals surface area contributed by atoms with Gasteiger partial charge in [-0.1, -0.05) is 19.0 Å². The molecular weight excluding hydrogens is 268 g/mol. The number of hydrogen-bond donors (Lipinski definition) is 2. The molecule has 6 heteroatoms. The fraction of sp³-hybridized carbons (Fsp3) is 0.800. The van der Waals surface area contributed by atoms with E-state index >= 15 is 0 Å². The summed E-state index contributed by atoms with van der Waals surface area (Å²) >= 11 is 0. The van der Waals surface area contributed by atoms with E-state index in [0.717, 1.165) is 32.2 Å². The van der Waals surface area contributed by atoms with Gasteiger partial charge < -0.3 is 15.2 Å². The zero-order valence-electron chi connectivity index (χ0n) is 12.8. The second kappa shape index (κ2) is 6.13. The van der Waals surface area contributed by atoms with E-state index in [2.05, 4.69) is 34.6 Å². The zero-order chi connectivity index (χ0) is 14.8. The van der Waals surface area contributed by atoms with E-state index in [4.69, 9.17) is 4.52 Å². The van der Waals surface area contributed by atoms with Gasteiger partial charge in [0.1, 0.15) is 0 Å². The van der Waals surface area contributed by atoms with E-state index in [9.17, 15) is 4.79 Å². The van der Waals surface area contributed by atoms with Crippen molar-refractivity contribution >= 4 is 5.91 Å². The van der Waals surface area contributed by atoms with Crippen molar-refractivity contribution in [2.45, 2.75) is 58.0 Å². The summed E-state index contributed by atoms with van der Waals surface area (Å²) < 4.78 is 5.22. The molecule has 2 fully saturated rings. The summed E-state index contributed by atoms with van der Waals surface area (Å²) in [5.74, 6) is 1.78. The summed E-state index contributed by atoms with van der Waals surface area (Å²) in [7, 11) is 0. The van der Waals surface area contributed by atoms with Gasteiger partial charge in [0, 0.05) is 6.04 Å². The van der Waals surface area contributed by atoms with Crippen LogP contribution in [-0.4, -0.2) is 28.6 Å². The summed E-state index contributed by atoms with van der Waals surface area (Å²) in [4.78, 5) is 16.5. The van der Waals surface area contributed by atoms with Crippen LogP contribution in [0.2, 0.25) is 0 Å². The van der Waals surface area contributed by atoms with Crippen LogP contribution >= 0.6 is 0 Å².